The Kier molecular flexibility index (Phi) is 11.6. The number of terminal acetylenes is 1. The molecule has 0 fully saturated rings. The largest absolute Gasteiger partial charge is 0.493 e. The number of nitrogens with zero attached hydrogens (tertiary/aromatic N) is 1. The van der Waals surface area contributed by atoms with Gasteiger partial charge in [0.2, 0.25) is 0 Å². The summed E-state index contributed by atoms with van der Waals surface area (Å²) in [7, 11) is 1.60. The molecule has 0 unspecified atom stereocenters. The zero-order chi connectivity index (χ0) is 16.2. The highest BCUT2D eigenvalue weighted by molar-refractivity contribution is 14.0. The molecule has 5 nitrogen and oxygen atoms in total. The lowest BCUT2D eigenvalue weighted by atomic mass is 10.2. The number of rotatable bonds is 8. The monoisotopic (exact) mass is 429 g/mol. The zero-order valence-corrected chi connectivity index (χ0v) is 15.9. The fraction of sp³-hybridized carbons (Fsp3) is 0.353. The van der Waals surface area contributed by atoms with Crippen LogP contribution in [0.3, 0.4) is 0 Å². The number of methoxy groups -OCH3 is 1. The lowest BCUT2D eigenvalue weighted by molar-refractivity contribution is 0.330. The summed E-state index contributed by atoms with van der Waals surface area (Å²) in [6, 6.07) is 5.68. The average Bonchev–Trinajstić information content (AvgIpc) is 2.55. The van der Waals surface area contributed by atoms with Crippen molar-refractivity contribution >= 4 is 29.9 Å². The van der Waals surface area contributed by atoms with Gasteiger partial charge in [0.1, 0.15) is 6.61 Å². The standard InChI is InChI=1S/C17H23N3O2.HI/c1-5-10-19-17(18-7-3)20-13-14-8-9-15(21-4)16(12-14)22-11-6-2;/h2,5,8-9,12H,1,7,10-11,13H2,3-4H3,(H2,18,19,20);1H. The summed E-state index contributed by atoms with van der Waals surface area (Å²) in [5, 5.41) is 6.32. The number of guanidine groups is 1. The van der Waals surface area contributed by atoms with Crippen LogP contribution in [0, 0.1) is 12.3 Å². The first-order valence-corrected chi connectivity index (χ1v) is 7.11. The molecule has 0 aliphatic heterocycles. The summed E-state index contributed by atoms with van der Waals surface area (Å²) < 4.78 is 10.7. The molecule has 6 heteroatoms. The second-order valence-corrected chi connectivity index (χ2v) is 4.34. The molecule has 1 aromatic carbocycles. The molecule has 2 N–H and O–H groups in total. The van der Waals surface area contributed by atoms with E-state index in [0.29, 0.717) is 24.6 Å². The Labute approximate surface area is 155 Å². The molecular weight excluding hydrogens is 405 g/mol. The number of nitrogens with one attached hydrogen (secondary N) is 2. The van der Waals surface area contributed by atoms with E-state index in [0.717, 1.165) is 18.1 Å². The van der Waals surface area contributed by atoms with E-state index < -0.39 is 0 Å². The van der Waals surface area contributed by atoms with Gasteiger partial charge in [0, 0.05) is 13.1 Å². The maximum Gasteiger partial charge on any atom is 0.191 e. The van der Waals surface area contributed by atoms with E-state index in [9.17, 15) is 0 Å². The van der Waals surface area contributed by atoms with Crippen molar-refractivity contribution in [2.45, 2.75) is 13.5 Å². The number of hydrogen-bond donors (Lipinski definition) is 2. The summed E-state index contributed by atoms with van der Waals surface area (Å²) in [5.74, 6) is 4.46. The van der Waals surface area contributed by atoms with Crippen LogP contribution in [-0.4, -0.2) is 32.8 Å². The van der Waals surface area contributed by atoms with E-state index in [1.165, 1.54) is 0 Å². The lowest BCUT2D eigenvalue weighted by Crippen LogP contribution is -2.37. The Hall–Kier alpha value is -1.88. The Morgan fingerprint density at radius 2 is 2.17 bits per heavy atom. The number of aliphatic imine (C=N–C) groups is 1. The SMILES string of the molecule is C#CCOc1cc(CN=C(NCC)NCC=C)ccc1OC.I. The van der Waals surface area contributed by atoms with Crippen LogP contribution in [-0.2, 0) is 6.54 Å². The van der Waals surface area contributed by atoms with E-state index in [1.54, 1.807) is 13.2 Å². The quantitative estimate of drug-likeness (QED) is 0.219. The maximum absolute atomic E-state index is 5.48. The summed E-state index contributed by atoms with van der Waals surface area (Å²) >= 11 is 0. The zero-order valence-electron chi connectivity index (χ0n) is 13.6. The van der Waals surface area contributed by atoms with Crippen molar-refractivity contribution in [3.63, 3.8) is 0 Å². The molecule has 0 atom stereocenters. The molecule has 0 heterocycles. The molecule has 1 rings (SSSR count). The normalized spacial score (nSPS) is 10.0. The predicted octanol–water partition coefficient (Wildman–Crippen LogP) is 2.57. The minimum absolute atomic E-state index is 0. The third-order valence-corrected chi connectivity index (χ3v) is 2.72. The molecule has 0 aliphatic rings. The van der Waals surface area contributed by atoms with Crippen molar-refractivity contribution in [1.82, 2.24) is 10.6 Å². The Morgan fingerprint density at radius 1 is 1.39 bits per heavy atom. The van der Waals surface area contributed by atoms with E-state index in [2.05, 4.69) is 28.1 Å². The van der Waals surface area contributed by atoms with Gasteiger partial charge in [-0.15, -0.1) is 37.0 Å². The molecule has 0 bridgehead atoms. The van der Waals surface area contributed by atoms with Gasteiger partial charge in [0.05, 0.1) is 13.7 Å². The smallest absolute Gasteiger partial charge is 0.191 e. The Balaban J connectivity index is 0.00000484. The first-order chi connectivity index (χ1) is 10.7. The molecular formula is C17H24IN3O2. The van der Waals surface area contributed by atoms with Gasteiger partial charge in [-0.05, 0) is 24.6 Å². The highest BCUT2D eigenvalue weighted by atomic mass is 127. The van der Waals surface area contributed by atoms with Crippen LogP contribution in [0.1, 0.15) is 12.5 Å². The molecule has 0 saturated heterocycles. The van der Waals surface area contributed by atoms with E-state index in [4.69, 9.17) is 15.9 Å². The van der Waals surface area contributed by atoms with E-state index >= 15 is 0 Å². The minimum Gasteiger partial charge on any atom is -0.493 e. The van der Waals surface area contributed by atoms with Gasteiger partial charge in [-0.1, -0.05) is 18.1 Å². The first-order valence-electron chi connectivity index (χ1n) is 7.11. The second-order valence-electron chi connectivity index (χ2n) is 4.34. The van der Waals surface area contributed by atoms with Crippen LogP contribution in [0.15, 0.2) is 35.8 Å². The molecule has 126 valence electrons. The maximum atomic E-state index is 5.48. The van der Waals surface area contributed by atoms with Crippen molar-refractivity contribution in [3.8, 4) is 23.8 Å². The van der Waals surface area contributed by atoms with Crippen LogP contribution in [0.25, 0.3) is 0 Å². The van der Waals surface area contributed by atoms with Gasteiger partial charge < -0.3 is 20.1 Å². The van der Waals surface area contributed by atoms with Crippen molar-refractivity contribution < 1.29 is 9.47 Å². The average molecular weight is 429 g/mol. The fourth-order valence-corrected chi connectivity index (χ4v) is 1.73. The number of benzene rings is 1. The van der Waals surface area contributed by atoms with Crippen molar-refractivity contribution in [3.05, 3.63) is 36.4 Å². The van der Waals surface area contributed by atoms with Gasteiger partial charge in [-0.3, -0.25) is 0 Å². The molecule has 0 spiro atoms. The summed E-state index contributed by atoms with van der Waals surface area (Å²) in [4.78, 5) is 4.51. The van der Waals surface area contributed by atoms with Crippen LogP contribution in [0.4, 0.5) is 0 Å². The molecule has 0 radical (unpaired) electrons. The summed E-state index contributed by atoms with van der Waals surface area (Å²) in [5.41, 5.74) is 1.00. The van der Waals surface area contributed by atoms with Crippen molar-refractivity contribution in [2.75, 3.05) is 26.8 Å². The van der Waals surface area contributed by atoms with Crippen LogP contribution in [0.5, 0.6) is 11.5 Å². The van der Waals surface area contributed by atoms with Crippen LogP contribution >= 0.6 is 24.0 Å². The van der Waals surface area contributed by atoms with Gasteiger partial charge in [-0.2, -0.15) is 0 Å². The summed E-state index contributed by atoms with van der Waals surface area (Å²) in [6.07, 6.45) is 7.01. The van der Waals surface area contributed by atoms with Crippen LogP contribution in [0.2, 0.25) is 0 Å². The predicted molar refractivity (Wildman–Crippen MR) is 106 cm³/mol. The van der Waals surface area contributed by atoms with Gasteiger partial charge in [0.25, 0.3) is 0 Å². The molecule has 23 heavy (non-hydrogen) atoms. The Bertz CT molecular complexity index is 553. The lowest BCUT2D eigenvalue weighted by Gasteiger charge is -2.11. The topological polar surface area (TPSA) is 54.9 Å². The van der Waals surface area contributed by atoms with Gasteiger partial charge in [0.15, 0.2) is 17.5 Å². The Morgan fingerprint density at radius 3 is 2.78 bits per heavy atom. The minimum atomic E-state index is 0. The molecule has 1 aromatic rings. The van der Waals surface area contributed by atoms with Crippen molar-refractivity contribution in [2.24, 2.45) is 4.99 Å². The fourth-order valence-electron chi connectivity index (χ4n) is 1.73. The molecule has 0 aliphatic carbocycles. The third-order valence-electron chi connectivity index (χ3n) is 2.72. The summed E-state index contributed by atoms with van der Waals surface area (Å²) in [6.45, 7) is 7.87. The molecule has 0 aromatic heterocycles. The third kappa shape index (κ3) is 7.79. The first kappa shape index (κ1) is 21.1. The number of hydrogen-bond acceptors (Lipinski definition) is 3. The highest BCUT2D eigenvalue weighted by Crippen LogP contribution is 2.28. The van der Waals surface area contributed by atoms with E-state index in [1.807, 2.05) is 25.1 Å². The van der Waals surface area contributed by atoms with Crippen LogP contribution < -0.4 is 20.1 Å². The van der Waals surface area contributed by atoms with E-state index in [-0.39, 0.29) is 30.6 Å². The number of halogens is 1. The number of ether oxygens (including phenoxy) is 2. The second kappa shape index (κ2) is 12.6. The molecule has 0 amide bonds. The van der Waals surface area contributed by atoms with Crippen molar-refractivity contribution in [1.29, 1.82) is 0 Å². The highest BCUT2D eigenvalue weighted by Gasteiger charge is 2.05. The van der Waals surface area contributed by atoms with Gasteiger partial charge in [-0.25, -0.2) is 4.99 Å². The molecule has 0 saturated carbocycles. The van der Waals surface area contributed by atoms with Gasteiger partial charge >= 0.3 is 0 Å².